The molecule has 1 aromatic rings. The normalized spacial score (nSPS) is 16.5. The van der Waals surface area contributed by atoms with Gasteiger partial charge in [-0.15, -0.1) is 0 Å². The van der Waals surface area contributed by atoms with Gasteiger partial charge in [0.2, 0.25) is 0 Å². The minimum absolute atomic E-state index is 0.172. The van der Waals surface area contributed by atoms with Crippen LogP contribution in [0.25, 0.3) is 0 Å². The molecular weight excluding hydrogens is 253 g/mol. The molecule has 1 aliphatic carbocycles. The highest BCUT2D eigenvalue weighted by Crippen LogP contribution is 2.35. The number of hydrogen-bond acceptors (Lipinski definition) is 3. The average molecular weight is 267 g/mol. The Morgan fingerprint density at radius 2 is 2.05 bits per heavy atom. The third-order valence-corrected chi connectivity index (χ3v) is 3.38. The summed E-state index contributed by atoms with van der Waals surface area (Å²) in [7, 11) is 0. The van der Waals surface area contributed by atoms with Gasteiger partial charge in [0.05, 0.1) is 17.5 Å². The van der Waals surface area contributed by atoms with E-state index < -0.39 is 23.2 Å². The first-order chi connectivity index (χ1) is 8.92. The lowest BCUT2D eigenvalue weighted by atomic mass is 9.74. The quantitative estimate of drug-likeness (QED) is 0.774. The van der Waals surface area contributed by atoms with E-state index in [1.807, 2.05) is 0 Å². The third kappa shape index (κ3) is 2.83. The van der Waals surface area contributed by atoms with Crippen LogP contribution in [0.4, 0.5) is 4.39 Å². The largest absolute Gasteiger partial charge is 0.507 e. The number of benzene rings is 1. The Morgan fingerprint density at radius 3 is 2.58 bits per heavy atom. The molecule has 1 saturated carbocycles. The molecule has 0 bridgehead atoms. The SMILES string of the molecule is O=C(O)CC1(NC(=O)c2cc(F)ccc2O)CCC1. The third-order valence-electron chi connectivity index (χ3n) is 3.38. The van der Waals surface area contributed by atoms with Gasteiger partial charge in [-0.05, 0) is 37.5 Å². The summed E-state index contributed by atoms with van der Waals surface area (Å²) in [4.78, 5) is 22.8. The summed E-state index contributed by atoms with van der Waals surface area (Å²) in [6, 6.07) is 3.06. The van der Waals surface area contributed by atoms with Crippen molar-refractivity contribution in [2.24, 2.45) is 0 Å². The van der Waals surface area contributed by atoms with E-state index in [1.54, 1.807) is 0 Å². The van der Waals surface area contributed by atoms with E-state index in [9.17, 15) is 19.1 Å². The second kappa shape index (κ2) is 4.87. The van der Waals surface area contributed by atoms with Crippen LogP contribution < -0.4 is 5.32 Å². The molecule has 1 aliphatic rings. The summed E-state index contributed by atoms with van der Waals surface area (Å²) in [5.74, 6) is -2.62. The minimum Gasteiger partial charge on any atom is -0.507 e. The Morgan fingerprint density at radius 1 is 1.37 bits per heavy atom. The molecular formula is C13H14FNO4. The van der Waals surface area contributed by atoms with Crippen molar-refractivity contribution in [1.29, 1.82) is 0 Å². The highest BCUT2D eigenvalue weighted by atomic mass is 19.1. The minimum atomic E-state index is -0.997. The molecule has 3 N–H and O–H groups in total. The maximum atomic E-state index is 13.1. The maximum absolute atomic E-state index is 13.1. The molecule has 5 nitrogen and oxygen atoms in total. The van der Waals surface area contributed by atoms with E-state index in [0.717, 1.165) is 24.6 Å². The molecule has 0 atom stereocenters. The van der Waals surface area contributed by atoms with Crippen molar-refractivity contribution in [2.75, 3.05) is 0 Å². The summed E-state index contributed by atoms with van der Waals surface area (Å²) in [5, 5.41) is 21.0. The number of phenolic OH excluding ortho intramolecular Hbond substituents is 1. The van der Waals surface area contributed by atoms with Gasteiger partial charge in [0, 0.05) is 0 Å². The molecule has 0 spiro atoms. The number of carboxylic acids is 1. The molecule has 1 fully saturated rings. The zero-order valence-corrected chi connectivity index (χ0v) is 10.1. The second-order valence-electron chi connectivity index (χ2n) is 4.82. The van der Waals surface area contributed by atoms with Gasteiger partial charge in [0.15, 0.2) is 0 Å². The van der Waals surface area contributed by atoms with Gasteiger partial charge in [-0.1, -0.05) is 0 Å². The van der Waals surface area contributed by atoms with Crippen LogP contribution in [-0.4, -0.2) is 27.6 Å². The van der Waals surface area contributed by atoms with E-state index in [1.165, 1.54) is 0 Å². The Bertz CT molecular complexity index is 525. The van der Waals surface area contributed by atoms with E-state index in [0.29, 0.717) is 12.8 Å². The van der Waals surface area contributed by atoms with Gasteiger partial charge >= 0.3 is 5.97 Å². The molecule has 0 aliphatic heterocycles. The smallest absolute Gasteiger partial charge is 0.305 e. The number of phenols is 1. The lowest BCUT2D eigenvalue weighted by Gasteiger charge is -2.41. The lowest BCUT2D eigenvalue weighted by Crippen LogP contribution is -2.54. The molecule has 0 radical (unpaired) electrons. The van der Waals surface area contributed by atoms with Crippen LogP contribution in [-0.2, 0) is 4.79 Å². The number of rotatable bonds is 4. The lowest BCUT2D eigenvalue weighted by molar-refractivity contribution is -0.139. The molecule has 0 unspecified atom stereocenters. The molecule has 2 rings (SSSR count). The fourth-order valence-electron chi connectivity index (χ4n) is 2.24. The van der Waals surface area contributed by atoms with Gasteiger partial charge in [-0.25, -0.2) is 4.39 Å². The van der Waals surface area contributed by atoms with Crippen molar-refractivity contribution in [2.45, 2.75) is 31.2 Å². The molecule has 6 heteroatoms. The summed E-state index contributed by atoms with van der Waals surface area (Å²) in [6.45, 7) is 0. The Labute approximate surface area is 109 Å². The number of carboxylic acid groups (broad SMARTS) is 1. The molecule has 0 saturated heterocycles. The predicted octanol–water partition coefficient (Wildman–Crippen LogP) is 1.66. The van der Waals surface area contributed by atoms with Crippen molar-refractivity contribution in [1.82, 2.24) is 5.32 Å². The van der Waals surface area contributed by atoms with Crippen molar-refractivity contribution in [3.8, 4) is 5.75 Å². The number of amides is 1. The Hall–Kier alpha value is -2.11. The number of halogens is 1. The second-order valence-corrected chi connectivity index (χ2v) is 4.82. The zero-order valence-electron chi connectivity index (χ0n) is 10.1. The van der Waals surface area contributed by atoms with Gasteiger partial charge in [-0.3, -0.25) is 9.59 Å². The van der Waals surface area contributed by atoms with Crippen LogP contribution in [0.1, 0.15) is 36.0 Å². The molecule has 19 heavy (non-hydrogen) atoms. The van der Waals surface area contributed by atoms with E-state index in [4.69, 9.17) is 5.11 Å². The molecule has 1 amide bonds. The van der Waals surface area contributed by atoms with E-state index >= 15 is 0 Å². The van der Waals surface area contributed by atoms with E-state index in [2.05, 4.69) is 5.32 Å². The topological polar surface area (TPSA) is 86.6 Å². The summed E-state index contributed by atoms with van der Waals surface area (Å²) >= 11 is 0. The van der Waals surface area contributed by atoms with Crippen molar-refractivity contribution in [3.63, 3.8) is 0 Å². The number of nitrogens with one attached hydrogen (secondary N) is 1. The van der Waals surface area contributed by atoms with E-state index in [-0.39, 0.29) is 17.7 Å². The number of carbonyl (C=O) groups is 2. The number of carbonyl (C=O) groups excluding carboxylic acids is 1. The van der Waals surface area contributed by atoms with Crippen molar-refractivity contribution < 1.29 is 24.2 Å². The van der Waals surface area contributed by atoms with Crippen LogP contribution in [0.3, 0.4) is 0 Å². The first kappa shape index (κ1) is 13.3. The number of aromatic hydroxyl groups is 1. The van der Waals surface area contributed by atoms with Gasteiger partial charge in [0.25, 0.3) is 5.91 Å². The number of hydrogen-bond donors (Lipinski definition) is 3. The number of aliphatic carboxylic acids is 1. The van der Waals surface area contributed by atoms with Gasteiger partial charge in [0.1, 0.15) is 11.6 Å². The molecule has 0 aromatic heterocycles. The van der Waals surface area contributed by atoms with Crippen LogP contribution in [0.2, 0.25) is 0 Å². The Balaban J connectivity index is 2.16. The Kier molecular flexibility index (Phi) is 3.42. The van der Waals surface area contributed by atoms with Crippen molar-refractivity contribution in [3.05, 3.63) is 29.6 Å². The van der Waals surface area contributed by atoms with Gasteiger partial charge < -0.3 is 15.5 Å². The molecule has 0 heterocycles. The van der Waals surface area contributed by atoms with Crippen LogP contribution in [0.15, 0.2) is 18.2 Å². The fraction of sp³-hybridized carbons (Fsp3) is 0.385. The zero-order chi connectivity index (χ0) is 14.0. The van der Waals surface area contributed by atoms with Crippen LogP contribution in [0.5, 0.6) is 5.75 Å². The highest BCUT2D eigenvalue weighted by Gasteiger charge is 2.40. The fourth-order valence-corrected chi connectivity index (χ4v) is 2.24. The molecule has 1 aromatic carbocycles. The first-order valence-corrected chi connectivity index (χ1v) is 5.95. The summed E-state index contributed by atoms with van der Waals surface area (Å²) < 4.78 is 13.1. The average Bonchev–Trinajstić information content (AvgIpc) is 2.28. The highest BCUT2D eigenvalue weighted by molar-refractivity contribution is 5.97. The van der Waals surface area contributed by atoms with Crippen LogP contribution in [0, 0.1) is 5.82 Å². The summed E-state index contributed by atoms with van der Waals surface area (Å²) in [6.07, 6.45) is 1.81. The van der Waals surface area contributed by atoms with Gasteiger partial charge in [-0.2, -0.15) is 0 Å². The maximum Gasteiger partial charge on any atom is 0.305 e. The monoisotopic (exact) mass is 267 g/mol. The van der Waals surface area contributed by atoms with Crippen LogP contribution >= 0.6 is 0 Å². The predicted molar refractivity (Wildman–Crippen MR) is 64.4 cm³/mol. The molecule has 102 valence electrons. The first-order valence-electron chi connectivity index (χ1n) is 5.95. The summed E-state index contributed by atoms with van der Waals surface area (Å²) in [5.41, 5.74) is -0.960. The van der Waals surface area contributed by atoms with Crippen molar-refractivity contribution >= 4 is 11.9 Å². The standard InChI is InChI=1S/C13H14FNO4/c14-8-2-3-10(16)9(6-8)12(19)15-13(4-1-5-13)7-11(17)18/h2-3,6,16H,1,4-5,7H2,(H,15,19)(H,17,18).